The van der Waals surface area contributed by atoms with Crippen LogP contribution in [0.15, 0.2) is 157 Å². The fraction of sp³-hybridized carbons (Fsp3) is 0.0952. The van der Waals surface area contributed by atoms with Crippen molar-refractivity contribution in [3.63, 3.8) is 0 Å². The average molecular weight is 565 g/mol. The third kappa shape index (κ3) is 3.81. The second kappa shape index (κ2) is 10.1. The van der Waals surface area contributed by atoms with Crippen LogP contribution in [0.4, 0.5) is 22.7 Å². The van der Waals surface area contributed by atoms with E-state index in [9.17, 15) is 0 Å². The fourth-order valence-electron chi connectivity index (χ4n) is 7.61. The van der Waals surface area contributed by atoms with Gasteiger partial charge in [0.2, 0.25) is 0 Å². The third-order valence-corrected chi connectivity index (χ3v) is 9.48. The van der Waals surface area contributed by atoms with Gasteiger partial charge in [0.15, 0.2) is 0 Å². The van der Waals surface area contributed by atoms with Crippen LogP contribution in [0.2, 0.25) is 0 Å². The van der Waals surface area contributed by atoms with Gasteiger partial charge < -0.3 is 9.80 Å². The Kier molecular flexibility index (Phi) is 5.80. The van der Waals surface area contributed by atoms with E-state index in [1.54, 1.807) is 0 Å². The molecule has 0 saturated carbocycles. The Morgan fingerprint density at radius 1 is 0.386 bits per heavy atom. The van der Waals surface area contributed by atoms with Gasteiger partial charge in [-0.3, -0.25) is 0 Å². The molecule has 0 spiro atoms. The molecule has 5 aromatic carbocycles. The normalized spacial score (nSPS) is 16.3. The molecule has 0 aromatic heterocycles. The summed E-state index contributed by atoms with van der Waals surface area (Å²) in [6.07, 6.45) is 13.4. The number of allylic oxidation sites excluding steroid dienone is 8. The molecule has 210 valence electrons. The van der Waals surface area contributed by atoms with Crippen LogP contribution in [-0.2, 0) is 0 Å². The number of para-hydroxylation sites is 2. The van der Waals surface area contributed by atoms with Gasteiger partial charge in [0, 0.05) is 45.0 Å². The highest BCUT2D eigenvalue weighted by Crippen LogP contribution is 2.51. The molecule has 0 saturated heterocycles. The van der Waals surface area contributed by atoms with Crippen LogP contribution in [0.5, 0.6) is 0 Å². The number of fused-ring (bicyclic) bond motifs is 8. The summed E-state index contributed by atoms with van der Waals surface area (Å²) in [6, 6.07) is 44.8. The van der Waals surface area contributed by atoms with Gasteiger partial charge in [-0.2, -0.15) is 0 Å². The molecule has 2 heteroatoms. The molecule has 0 fully saturated rings. The van der Waals surface area contributed by atoms with Crippen molar-refractivity contribution in [3.05, 3.63) is 168 Å². The largest absolute Gasteiger partial charge is 0.313 e. The van der Waals surface area contributed by atoms with Crippen LogP contribution in [0.1, 0.15) is 36.8 Å². The van der Waals surface area contributed by atoms with E-state index in [0.717, 1.165) is 25.7 Å². The Bertz CT molecular complexity index is 1940. The lowest BCUT2D eigenvalue weighted by molar-refractivity contribution is 0.920. The fourth-order valence-corrected chi connectivity index (χ4v) is 7.61. The summed E-state index contributed by atoms with van der Waals surface area (Å²) in [7, 11) is 0. The molecule has 0 unspecified atom stereocenters. The van der Waals surface area contributed by atoms with E-state index in [4.69, 9.17) is 0 Å². The monoisotopic (exact) mass is 564 g/mol. The first kappa shape index (κ1) is 25.2. The third-order valence-electron chi connectivity index (χ3n) is 9.48. The molecule has 0 bridgehead atoms. The lowest BCUT2D eigenvalue weighted by Crippen LogP contribution is -2.21. The Morgan fingerprint density at radius 3 is 1.27 bits per heavy atom. The molecule has 0 atom stereocenters. The molecule has 2 aliphatic carbocycles. The van der Waals surface area contributed by atoms with E-state index in [0.29, 0.717) is 0 Å². The zero-order valence-electron chi connectivity index (χ0n) is 24.6. The van der Waals surface area contributed by atoms with E-state index in [1.165, 1.54) is 78.7 Å². The molecular weight excluding hydrogens is 532 g/mol. The predicted octanol–water partition coefficient (Wildman–Crippen LogP) is 11.4. The minimum atomic E-state index is 1.00. The number of hydrogen-bond donors (Lipinski definition) is 0. The van der Waals surface area contributed by atoms with Gasteiger partial charge in [-0.1, -0.05) is 115 Å². The Balaban J connectivity index is 1.28. The van der Waals surface area contributed by atoms with Crippen LogP contribution in [0, 0.1) is 0 Å². The molecule has 2 heterocycles. The van der Waals surface area contributed by atoms with E-state index >= 15 is 0 Å². The van der Waals surface area contributed by atoms with Crippen molar-refractivity contribution in [1.29, 1.82) is 0 Å². The van der Waals surface area contributed by atoms with Crippen LogP contribution >= 0.6 is 0 Å². The van der Waals surface area contributed by atoms with Gasteiger partial charge in [-0.15, -0.1) is 0 Å². The summed E-state index contributed by atoms with van der Waals surface area (Å²) >= 11 is 0. The van der Waals surface area contributed by atoms with Crippen molar-refractivity contribution in [1.82, 2.24) is 0 Å². The second-order valence-electron chi connectivity index (χ2n) is 11.9. The minimum Gasteiger partial charge on any atom is -0.313 e. The number of hydrogen-bond acceptors (Lipinski definition) is 2. The maximum absolute atomic E-state index is 2.53. The Morgan fingerprint density at radius 2 is 0.795 bits per heavy atom. The summed E-state index contributed by atoms with van der Waals surface area (Å²) < 4.78 is 0. The lowest BCUT2D eigenvalue weighted by atomic mass is 9.91. The summed E-state index contributed by atoms with van der Waals surface area (Å²) in [6.45, 7) is 0. The van der Waals surface area contributed by atoms with E-state index < -0.39 is 0 Å². The van der Waals surface area contributed by atoms with Crippen molar-refractivity contribution >= 4 is 33.9 Å². The maximum atomic E-state index is 2.53. The quantitative estimate of drug-likeness (QED) is 0.210. The molecule has 4 aliphatic rings. The molecule has 9 rings (SSSR count). The zero-order chi connectivity index (χ0) is 29.0. The first-order chi connectivity index (χ1) is 21.9. The zero-order valence-corrected chi connectivity index (χ0v) is 24.6. The molecule has 0 amide bonds. The highest BCUT2D eigenvalue weighted by atomic mass is 15.2. The van der Waals surface area contributed by atoms with E-state index in [2.05, 4.69) is 155 Å². The van der Waals surface area contributed by atoms with Crippen molar-refractivity contribution in [2.75, 3.05) is 9.80 Å². The number of nitrogens with zero attached hydrogens (tertiary/aromatic N) is 2. The molecule has 44 heavy (non-hydrogen) atoms. The van der Waals surface area contributed by atoms with Gasteiger partial charge in [0.05, 0.1) is 11.4 Å². The van der Waals surface area contributed by atoms with Gasteiger partial charge >= 0.3 is 0 Å². The van der Waals surface area contributed by atoms with E-state index in [-0.39, 0.29) is 0 Å². The van der Waals surface area contributed by atoms with Crippen LogP contribution < -0.4 is 9.80 Å². The van der Waals surface area contributed by atoms with Gasteiger partial charge in [0.25, 0.3) is 0 Å². The minimum absolute atomic E-state index is 1.00. The van der Waals surface area contributed by atoms with Gasteiger partial charge in [0.1, 0.15) is 0 Å². The molecule has 0 radical (unpaired) electrons. The van der Waals surface area contributed by atoms with E-state index in [1.807, 2.05) is 0 Å². The van der Waals surface area contributed by atoms with Crippen molar-refractivity contribution in [2.45, 2.75) is 25.7 Å². The molecule has 0 N–H and O–H groups in total. The molecular formula is C42H32N2. The summed E-state index contributed by atoms with van der Waals surface area (Å²) in [5.74, 6) is 0. The van der Waals surface area contributed by atoms with Crippen LogP contribution in [0.3, 0.4) is 0 Å². The van der Waals surface area contributed by atoms with Gasteiger partial charge in [-0.25, -0.2) is 0 Å². The smallest absolute Gasteiger partial charge is 0.0537 e. The Hall–Kier alpha value is -5.34. The van der Waals surface area contributed by atoms with Crippen molar-refractivity contribution in [3.8, 4) is 22.3 Å². The number of rotatable bonds is 2. The number of benzene rings is 5. The average Bonchev–Trinajstić information content (AvgIpc) is 3.30. The number of anilines is 4. The Labute approximate surface area is 259 Å². The van der Waals surface area contributed by atoms with Crippen LogP contribution in [0.25, 0.3) is 33.4 Å². The summed E-state index contributed by atoms with van der Waals surface area (Å²) in [5.41, 5.74) is 18.0. The van der Waals surface area contributed by atoms with Crippen LogP contribution in [-0.4, -0.2) is 0 Å². The predicted molar refractivity (Wildman–Crippen MR) is 185 cm³/mol. The molecule has 2 aliphatic heterocycles. The van der Waals surface area contributed by atoms with Gasteiger partial charge in [-0.05, 0) is 78.3 Å². The standard InChI is InChI=1S/C42H32N2/c1-2-17-32-31(16-1)35-20-5-9-24-39(35)43(40-25-10-6-21-36(32)40)29-14-13-15-30(28-29)44-41-26-11-7-22-37(41)33-18-3-4-19-34(33)38-23-8-12-27-42(38)44/h1-9,11,13-24,26,28H,10,12,25,27H2. The molecule has 2 nitrogen and oxygen atoms in total. The van der Waals surface area contributed by atoms with Crippen molar-refractivity contribution < 1.29 is 0 Å². The first-order valence-corrected chi connectivity index (χ1v) is 15.7. The topological polar surface area (TPSA) is 6.48 Å². The second-order valence-corrected chi connectivity index (χ2v) is 11.9. The maximum Gasteiger partial charge on any atom is 0.0537 e. The lowest BCUT2D eigenvalue weighted by Gasteiger charge is -2.34. The first-order valence-electron chi connectivity index (χ1n) is 15.7. The highest BCUT2D eigenvalue weighted by molar-refractivity contribution is 6.01. The summed E-state index contributed by atoms with van der Waals surface area (Å²) in [5, 5.41) is 0. The molecule has 5 aromatic rings. The SMILES string of the molecule is C1=CC2=C(CC1)N(c1cccc(N3C4=C(C=CCC4)c4ccccc4-c4ccccc43)c1)c1ccccc1-c1ccccc12. The summed E-state index contributed by atoms with van der Waals surface area (Å²) in [4.78, 5) is 5.07. The highest BCUT2D eigenvalue weighted by Gasteiger charge is 2.30. The van der Waals surface area contributed by atoms with Crippen molar-refractivity contribution in [2.24, 2.45) is 0 Å².